The van der Waals surface area contributed by atoms with E-state index in [1.54, 1.807) is 0 Å². The van der Waals surface area contributed by atoms with Crippen molar-refractivity contribution in [1.29, 1.82) is 0 Å². The molecule has 0 spiro atoms. The van der Waals surface area contributed by atoms with Crippen LogP contribution >= 0.6 is 0 Å². The molecule has 5 nitrogen and oxygen atoms in total. The van der Waals surface area contributed by atoms with Gasteiger partial charge in [-0.3, -0.25) is 0 Å². The number of aromatic amines is 1. The van der Waals surface area contributed by atoms with E-state index in [0.717, 1.165) is 5.82 Å². The molecule has 1 heterocycles. The summed E-state index contributed by atoms with van der Waals surface area (Å²) in [5, 5.41) is 2.97. The second-order valence-electron chi connectivity index (χ2n) is 10.3. The number of rotatable bonds is 3. The van der Waals surface area contributed by atoms with Crippen LogP contribution in [-0.2, 0) is 16.6 Å². The topological polar surface area (TPSA) is 67.0 Å². The molecule has 2 N–H and O–H groups in total. The first-order valence-electron chi connectivity index (χ1n) is 9.36. The Bertz CT molecular complexity index is 696. The van der Waals surface area contributed by atoms with E-state index < -0.39 is 11.1 Å². The van der Waals surface area contributed by atoms with Crippen LogP contribution in [0.3, 0.4) is 0 Å². The molecular formula is C20H33N3O2. The molecule has 1 saturated carbocycles. The minimum Gasteiger partial charge on any atom is -0.444 e. The van der Waals surface area contributed by atoms with Crippen molar-refractivity contribution in [2.24, 2.45) is 5.41 Å². The molecule has 25 heavy (non-hydrogen) atoms. The molecule has 3 rings (SSSR count). The lowest BCUT2D eigenvalue weighted by atomic mass is 9.70. The fourth-order valence-electron chi connectivity index (χ4n) is 4.67. The third-order valence-electron chi connectivity index (χ3n) is 6.33. The molecule has 1 aromatic heterocycles. The highest BCUT2D eigenvalue weighted by atomic mass is 16.6. The van der Waals surface area contributed by atoms with Crippen LogP contribution < -0.4 is 5.32 Å². The summed E-state index contributed by atoms with van der Waals surface area (Å²) >= 11 is 0. The fourth-order valence-corrected chi connectivity index (χ4v) is 4.67. The van der Waals surface area contributed by atoms with Crippen molar-refractivity contribution in [2.45, 2.75) is 97.1 Å². The smallest absolute Gasteiger partial charge is 0.408 e. The third kappa shape index (κ3) is 2.96. The van der Waals surface area contributed by atoms with Crippen molar-refractivity contribution < 1.29 is 9.53 Å². The van der Waals surface area contributed by atoms with Gasteiger partial charge in [0.05, 0.1) is 5.69 Å². The quantitative estimate of drug-likeness (QED) is 0.850. The summed E-state index contributed by atoms with van der Waals surface area (Å²) in [4.78, 5) is 20.6. The van der Waals surface area contributed by atoms with Crippen LogP contribution in [0.2, 0.25) is 0 Å². The number of nitrogens with zero attached hydrogens (tertiary/aromatic N) is 1. The number of ether oxygens (including phenoxy) is 1. The van der Waals surface area contributed by atoms with Crippen molar-refractivity contribution in [3.63, 3.8) is 0 Å². The standard InChI is InChI=1S/C20H33N3O2/c1-17(2,3)25-16(24)23-18(4,5)11-13-21-14-12-9-10-20(8,15(14)22-13)19(12,6)7/h12H,9-11H2,1-8H3,(H,21,22)(H,23,24). The predicted octanol–water partition coefficient (Wildman–Crippen LogP) is 4.43. The normalized spacial score (nSPS) is 27.3. The molecule has 0 radical (unpaired) electrons. The van der Waals surface area contributed by atoms with Crippen LogP contribution in [0.4, 0.5) is 4.79 Å². The van der Waals surface area contributed by atoms with Gasteiger partial charge in [-0.25, -0.2) is 9.78 Å². The van der Waals surface area contributed by atoms with Gasteiger partial charge in [-0.15, -0.1) is 0 Å². The first-order chi connectivity index (χ1) is 11.3. The van der Waals surface area contributed by atoms with E-state index in [9.17, 15) is 4.79 Å². The second-order valence-corrected chi connectivity index (χ2v) is 10.3. The highest BCUT2D eigenvalue weighted by Crippen LogP contribution is 2.66. The Morgan fingerprint density at radius 2 is 1.92 bits per heavy atom. The molecule has 0 saturated heterocycles. The number of imidazole rings is 1. The molecule has 2 atom stereocenters. The number of fused-ring (bicyclic) bond motifs is 5. The van der Waals surface area contributed by atoms with Crippen LogP contribution in [0.5, 0.6) is 0 Å². The summed E-state index contributed by atoms with van der Waals surface area (Å²) in [7, 11) is 0. The van der Waals surface area contributed by atoms with Crippen LogP contribution in [-0.4, -0.2) is 27.2 Å². The first kappa shape index (κ1) is 18.3. The van der Waals surface area contributed by atoms with Gasteiger partial charge in [-0.05, 0) is 52.9 Å². The van der Waals surface area contributed by atoms with Gasteiger partial charge in [-0.1, -0.05) is 20.8 Å². The van der Waals surface area contributed by atoms with Crippen molar-refractivity contribution in [3.8, 4) is 0 Å². The van der Waals surface area contributed by atoms with Gasteiger partial charge in [-0.2, -0.15) is 0 Å². The number of hydrogen-bond donors (Lipinski definition) is 2. The zero-order valence-corrected chi connectivity index (χ0v) is 17.0. The van der Waals surface area contributed by atoms with E-state index in [4.69, 9.17) is 9.72 Å². The Morgan fingerprint density at radius 1 is 1.28 bits per heavy atom. The number of H-pyrrole nitrogens is 1. The van der Waals surface area contributed by atoms with Gasteiger partial charge < -0.3 is 15.0 Å². The lowest BCUT2D eigenvalue weighted by molar-refractivity contribution is 0.0471. The Balaban J connectivity index is 1.74. The molecule has 0 aromatic carbocycles. The van der Waals surface area contributed by atoms with E-state index in [-0.39, 0.29) is 16.9 Å². The molecule has 5 heteroatoms. The highest BCUT2D eigenvalue weighted by molar-refractivity contribution is 5.68. The number of carbonyl (C=O) groups excluding carboxylic acids is 1. The van der Waals surface area contributed by atoms with Gasteiger partial charge in [0.1, 0.15) is 11.4 Å². The number of nitrogens with one attached hydrogen (secondary N) is 2. The van der Waals surface area contributed by atoms with Gasteiger partial charge in [0, 0.05) is 29.0 Å². The predicted molar refractivity (Wildman–Crippen MR) is 98.8 cm³/mol. The van der Waals surface area contributed by atoms with Crippen molar-refractivity contribution >= 4 is 6.09 Å². The number of amides is 1. The summed E-state index contributed by atoms with van der Waals surface area (Å²) < 4.78 is 5.38. The summed E-state index contributed by atoms with van der Waals surface area (Å²) in [6.45, 7) is 16.7. The van der Waals surface area contributed by atoms with E-state index in [2.05, 4.69) is 31.1 Å². The summed E-state index contributed by atoms with van der Waals surface area (Å²) in [5.74, 6) is 1.52. The number of aromatic nitrogens is 2. The van der Waals surface area contributed by atoms with Crippen molar-refractivity contribution in [2.75, 3.05) is 0 Å². The minimum absolute atomic E-state index is 0.157. The molecule has 0 aliphatic heterocycles. The second kappa shape index (κ2) is 5.24. The summed E-state index contributed by atoms with van der Waals surface area (Å²) in [5.41, 5.74) is 2.07. The Morgan fingerprint density at radius 3 is 2.48 bits per heavy atom. The zero-order valence-electron chi connectivity index (χ0n) is 17.0. The van der Waals surface area contributed by atoms with Gasteiger partial charge in [0.2, 0.25) is 0 Å². The third-order valence-corrected chi connectivity index (χ3v) is 6.33. The van der Waals surface area contributed by atoms with Crippen molar-refractivity contribution in [3.05, 3.63) is 17.2 Å². The average molecular weight is 348 g/mol. The van der Waals surface area contributed by atoms with E-state index >= 15 is 0 Å². The Kier molecular flexibility index (Phi) is 3.83. The van der Waals surface area contributed by atoms with Crippen LogP contribution in [0.25, 0.3) is 0 Å². The van der Waals surface area contributed by atoms with E-state index in [1.165, 1.54) is 24.2 Å². The molecule has 1 aromatic rings. The molecule has 1 fully saturated rings. The summed E-state index contributed by atoms with van der Waals surface area (Å²) in [6.07, 6.45) is 2.71. The molecule has 2 unspecified atom stereocenters. The SMILES string of the molecule is CC(C)(Cc1nc2c([nH]1)C1CCC2(C)C1(C)C)NC(=O)OC(C)(C)C. The molecule has 1 amide bonds. The largest absolute Gasteiger partial charge is 0.444 e. The van der Waals surface area contributed by atoms with Crippen molar-refractivity contribution in [1.82, 2.24) is 15.3 Å². The molecule has 140 valence electrons. The van der Waals surface area contributed by atoms with Gasteiger partial charge in [0.25, 0.3) is 0 Å². The maximum Gasteiger partial charge on any atom is 0.408 e. The van der Waals surface area contributed by atoms with Crippen LogP contribution in [0.15, 0.2) is 0 Å². The number of hydrogen-bond acceptors (Lipinski definition) is 3. The lowest BCUT2D eigenvalue weighted by Crippen LogP contribution is -2.47. The molecule has 2 aliphatic carbocycles. The lowest BCUT2D eigenvalue weighted by Gasteiger charge is -2.34. The monoisotopic (exact) mass is 347 g/mol. The van der Waals surface area contributed by atoms with E-state index in [1.807, 2.05) is 34.6 Å². The average Bonchev–Trinajstić information content (AvgIpc) is 2.91. The molecule has 2 aliphatic rings. The van der Waals surface area contributed by atoms with Crippen LogP contribution in [0, 0.1) is 5.41 Å². The Labute approximate surface area is 151 Å². The zero-order chi connectivity index (χ0) is 18.8. The highest BCUT2D eigenvalue weighted by Gasteiger charge is 2.61. The first-order valence-corrected chi connectivity index (χ1v) is 9.36. The number of carbonyl (C=O) groups is 1. The maximum absolute atomic E-state index is 12.1. The molecule has 2 bridgehead atoms. The van der Waals surface area contributed by atoms with E-state index in [0.29, 0.717) is 12.3 Å². The minimum atomic E-state index is -0.495. The Hall–Kier alpha value is -1.52. The fraction of sp³-hybridized carbons (Fsp3) is 0.800. The van der Waals surface area contributed by atoms with Gasteiger partial charge in [0.15, 0.2) is 0 Å². The number of alkyl carbamates (subject to hydrolysis) is 1. The molecular weight excluding hydrogens is 314 g/mol. The van der Waals surface area contributed by atoms with Crippen LogP contribution in [0.1, 0.15) is 91.4 Å². The summed E-state index contributed by atoms with van der Waals surface area (Å²) in [6, 6.07) is 0. The van der Waals surface area contributed by atoms with Gasteiger partial charge >= 0.3 is 6.09 Å². The maximum atomic E-state index is 12.1.